The van der Waals surface area contributed by atoms with Gasteiger partial charge in [-0.25, -0.2) is 0 Å². The van der Waals surface area contributed by atoms with Crippen LogP contribution in [0.1, 0.15) is 33.6 Å². The Bertz CT molecular complexity index is 291. The lowest BCUT2D eigenvalue weighted by molar-refractivity contribution is -0.151. The molecule has 16 heavy (non-hydrogen) atoms. The van der Waals surface area contributed by atoms with E-state index in [2.05, 4.69) is 5.32 Å². The highest BCUT2D eigenvalue weighted by atomic mass is 16.3. The fourth-order valence-electron chi connectivity index (χ4n) is 2.86. The average Bonchev–Trinajstić information content (AvgIpc) is 2.58. The van der Waals surface area contributed by atoms with Crippen LogP contribution in [-0.4, -0.2) is 47.2 Å². The summed E-state index contributed by atoms with van der Waals surface area (Å²) in [5.41, 5.74) is -0.142. The average molecular weight is 226 g/mol. The summed E-state index contributed by atoms with van der Waals surface area (Å²) < 4.78 is 0. The summed E-state index contributed by atoms with van der Waals surface area (Å²) in [6, 6.07) is 0.220. The quantitative estimate of drug-likeness (QED) is 0.730. The van der Waals surface area contributed by atoms with Crippen molar-refractivity contribution >= 4 is 5.91 Å². The highest BCUT2D eigenvalue weighted by Crippen LogP contribution is 2.44. The van der Waals surface area contributed by atoms with Crippen LogP contribution in [0.25, 0.3) is 0 Å². The second kappa shape index (κ2) is 4.00. The number of carbonyl (C=O) groups is 1. The Hall–Kier alpha value is -0.610. The number of nitrogens with one attached hydrogen (secondary N) is 1. The molecular weight excluding hydrogens is 204 g/mol. The fraction of sp³-hybridized carbons (Fsp3) is 0.917. The van der Waals surface area contributed by atoms with Gasteiger partial charge in [-0.3, -0.25) is 4.79 Å². The molecule has 0 aromatic rings. The van der Waals surface area contributed by atoms with Crippen molar-refractivity contribution in [2.24, 2.45) is 5.41 Å². The van der Waals surface area contributed by atoms with Crippen molar-refractivity contribution in [1.82, 2.24) is 10.2 Å². The van der Waals surface area contributed by atoms with Gasteiger partial charge in [-0.05, 0) is 19.4 Å². The van der Waals surface area contributed by atoms with Crippen molar-refractivity contribution in [1.29, 1.82) is 0 Å². The van der Waals surface area contributed by atoms with Crippen molar-refractivity contribution in [2.75, 3.05) is 13.1 Å². The number of hydrogen-bond acceptors (Lipinski definition) is 3. The third-order valence-corrected chi connectivity index (χ3v) is 4.23. The van der Waals surface area contributed by atoms with E-state index in [0.717, 1.165) is 25.9 Å². The lowest BCUT2D eigenvalue weighted by atomic mass is 9.64. The lowest BCUT2D eigenvalue weighted by Gasteiger charge is -2.53. The molecule has 2 N–H and O–H groups in total. The zero-order valence-corrected chi connectivity index (χ0v) is 10.4. The SMILES string of the molecule is CCNC1CCN(C2CC(O)C2(C)C)C1=O. The number of hydrogen-bond donors (Lipinski definition) is 2. The number of likely N-dealkylation sites (tertiary alicyclic amines) is 1. The van der Waals surface area contributed by atoms with E-state index >= 15 is 0 Å². The van der Waals surface area contributed by atoms with Gasteiger partial charge < -0.3 is 15.3 Å². The summed E-state index contributed by atoms with van der Waals surface area (Å²) in [6.07, 6.45) is 1.37. The molecule has 1 aliphatic heterocycles. The maximum atomic E-state index is 12.1. The van der Waals surface area contributed by atoms with E-state index in [1.165, 1.54) is 0 Å². The highest BCUT2D eigenvalue weighted by molar-refractivity contribution is 5.84. The van der Waals surface area contributed by atoms with Gasteiger partial charge in [0.2, 0.25) is 5.91 Å². The molecule has 1 saturated heterocycles. The first-order valence-electron chi connectivity index (χ1n) is 6.20. The molecular formula is C12H22N2O2. The predicted molar refractivity (Wildman–Crippen MR) is 62.0 cm³/mol. The lowest BCUT2D eigenvalue weighted by Crippen LogP contribution is -2.62. The Morgan fingerprint density at radius 3 is 2.75 bits per heavy atom. The van der Waals surface area contributed by atoms with Gasteiger partial charge in [0, 0.05) is 18.0 Å². The van der Waals surface area contributed by atoms with Crippen molar-refractivity contribution in [3.05, 3.63) is 0 Å². The maximum Gasteiger partial charge on any atom is 0.240 e. The minimum atomic E-state index is -0.261. The predicted octanol–water partition coefficient (Wildman–Crippen LogP) is 0.356. The molecule has 0 bridgehead atoms. The Balaban J connectivity index is 2.00. The van der Waals surface area contributed by atoms with Crippen molar-refractivity contribution < 1.29 is 9.90 Å². The molecule has 3 unspecified atom stereocenters. The molecule has 1 aliphatic carbocycles. The van der Waals surface area contributed by atoms with E-state index in [-0.39, 0.29) is 29.5 Å². The number of aliphatic hydroxyl groups is 1. The third kappa shape index (κ3) is 1.64. The molecule has 2 fully saturated rings. The summed E-state index contributed by atoms with van der Waals surface area (Å²) in [5, 5.41) is 12.9. The number of aliphatic hydroxyl groups excluding tert-OH is 1. The molecule has 0 radical (unpaired) electrons. The molecule has 2 aliphatic rings. The molecule has 1 amide bonds. The van der Waals surface area contributed by atoms with Gasteiger partial charge in [0.05, 0.1) is 12.1 Å². The number of amides is 1. The van der Waals surface area contributed by atoms with E-state index in [0.29, 0.717) is 0 Å². The second-order valence-electron chi connectivity index (χ2n) is 5.52. The van der Waals surface area contributed by atoms with E-state index < -0.39 is 0 Å². The molecule has 2 rings (SSSR count). The van der Waals surface area contributed by atoms with Gasteiger partial charge in [0.1, 0.15) is 0 Å². The molecule has 1 heterocycles. The van der Waals surface area contributed by atoms with Gasteiger partial charge >= 0.3 is 0 Å². The number of likely N-dealkylation sites (N-methyl/N-ethyl adjacent to an activating group) is 1. The zero-order valence-electron chi connectivity index (χ0n) is 10.4. The maximum absolute atomic E-state index is 12.1. The van der Waals surface area contributed by atoms with Crippen LogP contribution < -0.4 is 5.32 Å². The van der Waals surface area contributed by atoms with E-state index in [1.54, 1.807) is 0 Å². The van der Waals surface area contributed by atoms with Gasteiger partial charge in [-0.2, -0.15) is 0 Å². The fourth-order valence-corrected chi connectivity index (χ4v) is 2.86. The molecule has 3 atom stereocenters. The van der Waals surface area contributed by atoms with Gasteiger partial charge in [-0.1, -0.05) is 20.8 Å². The summed E-state index contributed by atoms with van der Waals surface area (Å²) in [4.78, 5) is 14.1. The Morgan fingerprint density at radius 2 is 2.25 bits per heavy atom. The second-order valence-corrected chi connectivity index (χ2v) is 5.52. The molecule has 0 aromatic carbocycles. The van der Waals surface area contributed by atoms with Crippen LogP contribution in [0.3, 0.4) is 0 Å². The largest absolute Gasteiger partial charge is 0.392 e. The first-order valence-corrected chi connectivity index (χ1v) is 6.20. The van der Waals surface area contributed by atoms with Crippen LogP contribution in [0.5, 0.6) is 0 Å². The molecule has 0 spiro atoms. The van der Waals surface area contributed by atoms with Crippen LogP contribution >= 0.6 is 0 Å². The van der Waals surface area contributed by atoms with Crippen LogP contribution in [-0.2, 0) is 4.79 Å². The summed E-state index contributed by atoms with van der Waals surface area (Å²) in [6.45, 7) is 7.77. The molecule has 0 aromatic heterocycles. The molecule has 4 heteroatoms. The molecule has 4 nitrogen and oxygen atoms in total. The molecule has 1 saturated carbocycles. The monoisotopic (exact) mass is 226 g/mol. The van der Waals surface area contributed by atoms with E-state index in [1.807, 2.05) is 25.7 Å². The smallest absolute Gasteiger partial charge is 0.240 e. The third-order valence-electron chi connectivity index (χ3n) is 4.23. The van der Waals surface area contributed by atoms with Crippen molar-refractivity contribution in [3.63, 3.8) is 0 Å². The van der Waals surface area contributed by atoms with Gasteiger partial charge in [-0.15, -0.1) is 0 Å². The first-order chi connectivity index (χ1) is 7.48. The van der Waals surface area contributed by atoms with Gasteiger partial charge in [0.15, 0.2) is 0 Å². The summed E-state index contributed by atoms with van der Waals surface area (Å²) >= 11 is 0. The van der Waals surface area contributed by atoms with Crippen molar-refractivity contribution in [3.8, 4) is 0 Å². The first kappa shape index (κ1) is 11.9. The Kier molecular flexibility index (Phi) is 2.97. The minimum absolute atomic E-state index is 0.00135. The van der Waals surface area contributed by atoms with Crippen molar-refractivity contribution in [2.45, 2.75) is 51.8 Å². The number of carbonyl (C=O) groups excluding carboxylic acids is 1. The van der Waals surface area contributed by atoms with Crippen LogP contribution in [0.4, 0.5) is 0 Å². The zero-order chi connectivity index (χ0) is 11.9. The topological polar surface area (TPSA) is 52.6 Å². The Morgan fingerprint density at radius 1 is 1.56 bits per heavy atom. The van der Waals surface area contributed by atoms with Crippen LogP contribution in [0, 0.1) is 5.41 Å². The summed E-state index contributed by atoms with van der Waals surface area (Å²) in [7, 11) is 0. The van der Waals surface area contributed by atoms with Crippen LogP contribution in [0.15, 0.2) is 0 Å². The van der Waals surface area contributed by atoms with E-state index in [4.69, 9.17) is 0 Å². The minimum Gasteiger partial charge on any atom is -0.392 e. The number of rotatable bonds is 3. The van der Waals surface area contributed by atoms with Crippen LogP contribution in [0.2, 0.25) is 0 Å². The number of nitrogens with zero attached hydrogens (tertiary/aromatic N) is 1. The highest BCUT2D eigenvalue weighted by Gasteiger charge is 2.53. The summed E-state index contributed by atoms with van der Waals surface area (Å²) in [5.74, 6) is 0.215. The van der Waals surface area contributed by atoms with Gasteiger partial charge in [0.25, 0.3) is 0 Å². The normalized spacial score (nSPS) is 37.6. The molecule has 92 valence electrons. The Labute approximate surface area is 97.0 Å². The van der Waals surface area contributed by atoms with E-state index in [9.17, 15) is 9.90 Å². The standard InChI is InChI=1S/C12H22N2O2/c1-4-13-8-5-6-14(11(8)16)9-7-10(15)12(9,2)3/h8-10,13,15H,4-7H2,1-3H3.